The maximum Gasteiger partial charge on any atom is 0.307 e. The van der Waals surface area contributed by atoms with Crippen LogP contribution in [0.2, 0.25) is 0 Å². The molecular weight excluding hydrogens is 258 g/mol. The number of carboxylic acid groups (broad SMARTS) is 1. The Morgan fingerprint density at radius 1 is 1.28 bits per heavy atom. The van der Waals surface area contributed by atoms with Crippen LogP contribution in [0.4, 0.5) is 0 Å². The van der Waals surface area contributed by atoms with Crippen molar-refractivity contribution in [3.05, 3.63) is 0 Å². The van der Waals surface area contributed by atoms with Crippen LogP contribution in [0.15, 0.2) is 0 Å². The zero-order chi connectivity index (χ0) is 13.8. The first-order valence-corrected chi connectivity index (χ1v) is 6.91. The van der Waals surface area contributed by atoms with Gasteiger partial charge in [-0.2, -0.15) is 14.8 Å². The number of rotatable bonds is 5. The highest BCUT2D eigenvalue weighted by molar-refractivity contribution is 7.89. The Labute approximate surface area is 105 Å². The lowest BCUT2D eigenvalue weighted by Gasteiger charge is -2.23. The van der Waals surface area contributed by atoms with E-state index in [4.69, 9.17) is 15.6 Å². The maximum atomic E-state index is 12.2. The van der Waals surface area contributed by atoms with Gasteiger partial charge in [0, 0.05) is 0 Å². The molecule has 2 atom stereocenters. The van der Waals surface area contributed by atoms with E-state index in [1.165, 1.54) is 0 Å². The molecule has 0 aliphatic heterocycles. The smallest absolute Gasteiger partial charge is 0.307 e. The topological polar surface area (TPSA) is 122 Å². The Bertz CT molecular complexity index is 486. The second-order valence-electron chi connectivity index (χ2n) is 4.04. The van der Waals surface area contributed by atoms with Gasteiger partial charge in [0.15, 0.2) is 0 Å². The molecule has 0 aromatic carbocycles. The van der Waals surface area contributed by atoms with Crippen molar-refractivity contribution < 1.29 is 18.3 Å². The molecular formula is C10H13N3O4S. The lowest BCUT2D eigenvalue weighted by Crippen LogP contribution is -2.42. The van der Waals surface area contributed by atoms with Gasteiger partial charge in [0.05, 0.1) is 23.3 Å². The largest absolute Gasteiger partial charge is 0.481 e. The highest BCUT2D eigenvalue weighted by atomic mass is 32.2. The van der Waals surface area contributed by atoms with Crippen LogP contribution in [-0.2, 0) is 14.8 Å². The van der Waals surface area contributed by atoms with Crippen LogP contribution in [0, 0.1) is 28.6 Å². The first kappa shape index (κ1) is 14.4. The van der Waals surface area contributed by atoms with Crippen molar-refractivity contribution in [1.29, 1.82) is 10.5 Å². The Morgan fingerprint density at radius 3 is 2.28 bits per heavy atom. The highest BCUT2D eigenvalue weighted by Crippen LogP contribution is 2.32. The minimum atomic E-state index is -3.91. The second-order valence-corrected chi connectivity index (χ2v) is 6.20. The first-order valence-electron chi connectivity index (χ1n) is 5.40. The van der Waals surface area contributed by atoms with Crippen LogP contribution in [0.1, 0.15) is 19.3 Å². The van der Waals surface area contributed by atoms with Crippen molar-refractivity contribution >= 4 is 16.0 Å². The molecule has 98 valence electrons. The fourth-order valence-corrected chi connectivity index (χ4v) is 4.14. The molecule has 0 saturated heterocycles. The lowest BCUT2D eigenvalue weighted by molar-refractivity contribution is -0.141. The highest BCUT2D eigenvalue weighted by Gasteiger charge is 2.44. The molecule has 7 nitrogen and oxygen atoms in total. The van der Waals surface area contributed by atoms with E-state index < -0.39 is 40.2 Å². The molecule has 8 heteroatoms. The van der Waals surface area contributed by atoms with Gasteiger partial charge in [-0.15, -0.1) is 0 Å². The standard InChI is InChI=1S/C10H13N3O4S/c11-4-6-13(7-5-12)18(16,17)9-3-1-2-8(9)10(14)15/h8-9H,1-3,6-7H2,(H,14,15). The number of hydrogen-bond acceptors (Lipinski definition) is 5. The third-order valence-corrected chi connectivity index (χ3v) is 5.31. The Balaban J connectivity index is 3.01. The minimum absolute atomic E-state index is 0.257. The molecule has 1 aliphatic carbocycles. The summed E-state index contributed by atoms with van der Waals surface area (Å²) in [4.78, 5) is 11.0. The van der Waals surface area contributed by atoms with Crippen molar-refractivity contribution in [2.45, 2.75) is 24.5 Å². The first-order chi connectivity index (χ1) is 8.45. The van der Waals surface area contributed by atoms with Crippen molar-refractivity contribution in [2.24, 2.45) is 5.92 Å². The predicted molar refractivity (Wildman–Crippen MR) is 60.5 cm³/mol. The van der Waals surface area contributed by atoms with Gasteiger partial charge in [0.25, 0.3) is 0 Å². The van der Waals surface area contributed by atoms with E-state index in [2.05, 4.69) is 0 Å². The molecule has 1 rings (SSSR count). The summed E-state index contributed by atoms with van der Waals surface area (Å²) < 4.78 is 25.1. The monoisotopic (exact) mass is 271 g/mol. The zero-order valence-corrected chi connectivity index (χ0v) is 10.4. The molecule has 0 heterocycles. The number of carbonyl (C=O) groups is 1. The van der Waals surface area contributed by atoms with E-state index in [0.717, 1.165) is 4.31 Å². The molecule has 0 radical (unpaired) electrons. The Hall–Kier alpha value is -1.64. The SMILES string of the molecule is N#CCN(CC#N)S(=O)(=O)C1CCCC1C(=O)O. The fraction of sp³-hybridized carbons (Fsp3) is 0.700. The number of sulfonamides is 1. The zero-order valence-electron chi connectivity index (χ0n) is 9.61. The van der Waals surface area contributed by atoms with E-state index in [-0.39, 0.29) is 6.42 Å². The minimum Gasteiger partial charge on any atom is -0.481 e. The van der Waals surface area contributed by atoms with Gasteiger partial charge in [-0.05, 0) is 12.8 Å². The number of hydrogen-bond donors (Lipinski definition) is 1. The summed E-state index contributed by atoms with van der Waals surface area (Å²) in [5, 5.41) is 25.1. The Morgan fingerprint density at radius 2 is 1.83 bits per heavy atom. The molecule has 0 aromatic rings. The van der Waals surface area contributed by atoms with E-state index >= 15 is 0 Å². The molecule has 0 spiro atoms. The maximum absolute atomic E-state index is 12.2. The van der Waals surface area contributed by atoms with Gasteiger partial charge in [0.1, 0.15) is 13.1 Å². The average molecular weight is 271 g/mol. The molecule has 0 aromatic heterocycles. The van der Waals surface area contributed by atoms with Gasteiger partial charge in [-0.1, -0.05) is 6.42 Å². The molecule has 1 N–H and O–H groups in total. The number of nitrogens with zero attached hydrogens (tertiary/aromatic N) is 3. The van der Waals surface area contributed by atoms with Gasteiger partial charge in [-0.3, -0.25) is 4.79 Å². The van der Waals surface area contributed by atoms with Crippen molar-refractivity contribution in [1.82, 2.24) is 4.31 Å². The number of nitriles is 2. The molecule has 1 fully saturated rings. The second kappa shape index (κ2) is 5.80. The van der Waals surface area contributed by atoms with Crippen molar-refractivity contribution in [3.8, 4) is 12.1 Å². The van der Waals surface area contributed by atoms with Gasteiger partial charge < -0.3 is 5.11 Å². The molecule has 0 bridgehead atoms. The van der Waals surface area contributed by atoms with Crippen LogP contribution in [0.3, 0.4) is 0 Å². The summed E-state index contributed by atoms with van der Waals surface area (Å²) in [6.07, 6.45) is 1.09. The average Bonchev–Trinajstić information content (AvgIpc) is 2.78. The summed E-state index contributed by atoms with van der Waals surface area (Å²) >= 11 is 0. The van der Waals surface area contributed by atoms with Crippen molar-refractivity contribution in [3.63, 3.8) is 0 Å². The van der Waals surface area contributed by atoms with E-state index in [9.17, 15) is 13.2 Å². The molecule has 1 aliphatic rings. The van der Waals surface area contributed by atoms with Crippen LogP contribution >= 0.6 is 0 Å². The summed E-state index contributed by atoms with van der Waals surface area (Å²) in [6, 6.07) is 3.35. The summed E-state index contributed by atoms with van der Waals surface area (Å²) in [6.45, 7) is -0.864. The van der Waals surface area contributed by atoms with Crippen LogP contribution in [0.5, 0.6) is 0 Å². The quantitative estimate of drug-likeness (QED) is 0.698. The lowest BCUT2D eigenvalue weighted by atomic mass is 10.1. The summed E-state index contributed by atoms with van der Waals surface area (Å²) in [5.41, 5.74) is 0. The Kier molecular flexibility index (Phi) is 4.65. The van der Waals surface area contributed by atoms with E-state index in [1.807, 2.05) is 0 Å². The third-order valence-electron chi connectivity index (χ3n) is 3.01. The van der Waals surface area contributed by atoms with E-state index in [1.54, 1.807) is 12.1 Å². The summed E-state index contributed by atoms with van der Waals surface area (Å²) in [7, 11) is -3.91. The molecule has 0 amide bonds. The molecule has 18 heavy (non-hydrogen) atoms. The number of aliphatic carboxylic acids is 1. The van der Waals surface area contributed by atoms with Crippen LogP contribution < -0.4 is 0 Å². The molecule has 2 unspecified atom stereocenters. The third kappa shape index (κ3) is 2.78. The van der Waals surface area contributed by atoms with E-state index in [0.29, 0.717) is 12.8 Å². The van der Waals surface area contributed by atoms with Crippen LogP contribution in [-0.4, -0.2) is 42.1 Å². The van der Waals surface area contributed by atoms with Gasteiger partial charge >= 0.3 is 5.97 Å². The molecule has 1 saturated carbocycles. The fourth-order valence-electron chi connectivity index (χ4n) is 2.15. The van der Waals surface area contributed by atoms with Gasteiger partial charge in [-0.25, -0.2) is 8.42 Å². The van der Waals surface area contributed by atoms with Crippen molar-refractivity contribution in [2.75, 3.05) is 13.1 Å². The number of carboxylic acids is 1. The summed E-state index contributed by atoms with van der Waals surface area (Å²) in [5.74, 6) is -2.09. The predicted octanol–water partition coefficient (Wildman–Crippen LogP) is -0.0813. The van der Waals surface area contributed by atoms with Crippen LogP contribution in [0.25, 0.3) is 0 Å². The normalized spacial score (nSPS) is 23.5. The van der Waals surface area contributed by atoms with Gasteiger partial charge in [0.2, 0.25) is 10.0 Å².